The lowest BCUT2D eigenvalue weighted by Gasteiger charge is -2.15. The highest BCUT2D eigenvalue weighted by Gasteiger charge is 2.26. The molecule has 154 valence electrons. The van der Waals surface area contributed by atoms with E-state index in [0.29, 0.717) is 18.7 Å². The zero-order valence-corrected chi connectivity index (χ0v) is 18.1. The monoisotopic (exact) mass is 479 g/mol. The molecule has 29 heavy (non-hydrogen) atoms. The topological polar surface area (TPSA) is 95.6 Å². The van der Waals surface area contributed by atoms with Gasteiger partial charge in [0.25, 0.3) is 5.91 Å². The Bertz CT molecular complexity index is 987. The van der Waals surface area contributed by atoms with Crippen molar-refractivity contribution in [3.05, 3.63) is 64.1 Å². The lowest BCUT2D eigenvalue weighted by Crippen LogP contribution is -2.36. The molecule has 0 atom stereocenters. The minimum Gasteiger partial charge on any atom is -0.350 e. The largest absolute Gasteiger partial charge is 0.350 e. The summed E-state index contributed by atoms with van der Waals surface area (Å²) in [6.07, 6.45) is 1.78. The Kier molecular flexibility index (Phi) is 7.05. The summed E-state index contributed by atoms with van der Waals surface area (Å²) < 4.78 is 27.3. The molecular weight excluding hydrogens is 458 g/mol. The second-order valence-electron chi connectivity index (χ2n) is 6.72. The highest BCUT2D eigenvalue weighted by molar-refractivity contribution is 9.10. The minimum atomic E-state index is -3.44. The first-order valence-corrected chi connectivity index (χ1v) is 11.5. The van der Waals surface area contributed by atoms with Gasteiger partial charge in [0, 0.05) is 29.7 Å². The number of nitrogens with zero attached hydrogens (tertiary/aromatic N) is 1. The van der Waals surface area contributed by atoms with E-state index in [0.717, 1.165) is 22.9 Å². The van der Waals surface area contributed by atoms with Crippen molar-refractivity contribution in [2.24, 2.45) is 0 Å². The second kappa shape index (κ2) is 9.51. The van der Waals surface area contributed by atoms with Crippen LogP contribution >= 0.6 is 15.9 Å². The van der Waals surface area contributed by atoms with Crippen molar-refractivity contribution in [1.29, 1.82) is 0 Å². The molecule has 7 nitrogen and oxygen atoms in total. The standard InChI is InChI=1S/C20H22BrN3O4S/c21-17-5-3-4-16(12-17)20(26)23-14-19(25)22-13-15-6-8-18(9-7-15)29(27,28)24-10-1-2-11-24/h3-9,12H,1-2,10-11,13-14H2,(H,22,25)(H,23,26). The molecule has 1 fully saturated rings. The molecule has 0 saturated carbocycles. The summed E-state index contributed by atoms with van der Waals surface area (Å²) in [5, 5.41) is 5.27. The number of hydrogen-bond donors (Lipinski definition) is 2. The van der Waals surface area contributed by atoms with E-state index in [2.05, 4.69) is 26.6 Å². The number of amides is 2. The molecule has 3 rings (SSSR count). The summed E-state index contributed by atoms with van der Waals surface area (Å²) in [6.45, 7) is 1.22. The van der Waals surface area contributed by atoms with Crippen molar-refractivity contribution in [1.82, 2.24) is 14.9 Å². The SMILES string of the molecule is O=C(CNC(=O)c1cccc(Br)c1)NCc1ccc(S(=O)(=O)N2CCCC2)cc1. The van der Waals surface area contributed by atoms with Crippen molar-refractivity contribution in [2.45, 2.75) is 24.3 Å². The number of hydrogen-bond acceptors (Lipinski definition) is 4. The maximum Gasteiger partial charge on any atom is 0.251 e. The number of rotatable bonds is 7. The quantitative estimate of drug-likeness (QED) is 0.636. The van der Waals surface area contributed by atoms with E-state index in [1.54, 1.807) is 42.5 Å². The summed E-state index contributed by atoms with van der Waals surface area (Å²) >= 11 is 3.30. The zero-order chi connectivity index (χ0) is 20.9. The average Bonchev–Trinajstić information content (AvgIpc) is 3.26. The van der Waals surface area contributed by atoms with Crippen LogP contribution in [0.1, 0.15) is 28.8 Å². The first-order valence-electron chi connectivity index (χ1n) is 9.26. The van der Waals surface area contributed by atoms with Gasteiger partial charge in [-0.05, 0) is 48.7 Å². The molecule has 2 N–H and O–H groups in total. The lowest BCUT2D eigenvalue weighted by molar-refractivity contribution is -0.120. The van der Waals surface area contributed by atoms with Gasteiger partial charge in [0.2, 0.25) is 15.9 Å². The summed E-state index contributed by atoms with van der Waals surface area (Å²) in [4.78, 5) is 24.3. The minimum absolute atomic E-state index is 0.146. The third kappa shape index (κ3) is 5.65. The molecule has 1 aliphatic heterocycles. The van der Waals surface area contributed by atoms with Crippen molar-refractivity contribution in [3.63, 3.8) is 0 Å². The first kappa shape index (κ1) is 21.5. The Labute approximate surface area is 178 Å². The van der Waals surface area contributed by atoms with Crippen molar-refractivity contribution < 1.29 is 18.0 Å². The molecular formula is C20H22BrN3O4S. The van der Waals surface area contributed by atoms with Gasteiger partial charge in [0.15, 0.2) is 0 Å². The number of sulfonamides is 1. The van der Waals surface area contributed by atoms with Crippen molar-refractivity contribution in [2.75, 3.05) is 19.6 Å². The molecule has 1 heterocycles. The van der Waals surface area contributed by atoms with Crippen LogP contribution < -0.4 is 10.6 Å². The molecule has 0 bridgehead atoms. The summed E-state index contributed by atoms with van der Waals surface area (Å²) in [6, 6.07) is 13.4. The Morgan fingerprint density at radius 3 is 2.34 bits per heavy atom. The van der Waals surface area contributed by atoms with E-state index in [4.69, 9.17) is 0 Å². The van der Waals surface area contributed by atoms with E-state index in [-0.39, 0.29) is 29.8 Å². The van der Waals surface area contributed by atoms with E-state index < -0.39 is 10.0 Å². The first-order chi connectivity index (χ1) is 13.9. The number of halogens is 1. The molecule has 1 saturated heterocycles. The number of carbonyl (C=O) groups is 2. The van der Waals surface area contributed by atoms with Crippen LogP contribution in [0.3, 0.4) is 0 Å². The Morgan fingerprint density at radius 1 is 1.00 bits per heavy atom. The van der Waals surface area contributed by atoms with E-state index in [9.17, 15) is 18.0 Å². The molecule has 2 aromatic carbocycles. The number of carbonyl (C=O) groups excluding carboxylic acids is 2. The van der Waals surface area contributed by atoms with E-state index in [1.807, 2.05) is 6.07 Å². The van der Waals surface area contributed by atoms with Crippen molar-refractivity contribution in [3.8, 4) is 0 Å². The van der Waals surface area contributed by atoms with Gasteiger partial charge in [-0.1, -0.05) is 34.1 Å². The lowest BCUT2D eigenvalue weighted by atomic mass is 10.2. The van der Waals surface area contributed by atoms with Crippen LogP contribution in [0, 0.1) is 0 Å². The molecule has 0 unspecified atom stereocenters. The second-order valence-corrected chi connectivity index (χ2v) is 9.58. The highest BCUT2D eigenvalue weighted by atomic mass is 79.9. The maximum atomic E-state index is 12.5. The normalized spacial score (nSPS) is 14.5. The summed E-state index contributed by atoms with van der Waals surface area (Å²) in [5.41, 5.74) is 1.24. The van der Waals surface area contributed by atoms with Crippen LogP contribution in [0.15, 0.2) is 57.9 Å². The molecule has 2 amide bonds. The molecule has 2 aromatic rings. The molecule has 0 radical (unpaired) electrons. The predicted octanol–water partition coefficient (Wildman–Crippen LogP) is 2.28. The van der Waals surface area contributed by atoms with Crippen LogP contribution in [0.25, 0.3) is 0 Å². The molecule has 0 aromatic heterocycles. The smallest absolute Gasteiger partial charge is 0.251 e. The third-order valence-corrected chi connectivity index (χ3v) is 7.02. The number of nitrogens with one attached hydrogen (secondary N) is 2. The van der Waals surface area contributed by atoms with Gasteiger partial charge in [-0.3, -0.25) is 9.59 Å². The van der Waals surface area contributed by atoms with Crippen LogP contribution in [0.2, 0.25) is 0 Å². The van der Waals surface area contributed by atoms with Gasteiger partial charge in [-0.2, -0.15) is 4.31 Å². The van der Waals surface area contributed by atoms with Crippen molar-refractivity contribution >= 4 is 37.8 Å². The van der Waals surface area contributed by atoms with Crippen LogP contribution in [0.5, 0.6) is 0 Å². The fraction of sp³-hybridized carbons (Fsp3) is 0.300. The van der Waals surface area contributed by atoms with E-state index in [1.165, 1.54) is 4.31 Å². The molecule has 0 aliphatic carbocycles. The van der Waals surface area contributed by atoms with Crippen LogP contribution in [0.4, 0.5) is 0 Å². The average molecular weight is 480 g/mol. The summed E-state index contributed by atoms with van der Waals surface area (Å²) in [5.74, 6) is -0.667. The van der Waals surface area contributed by atoms with Crippen LogP contribution in [-0.4, -0.2) is 44.2 Å². The highest BCUT2D eigenvalue weighted by Crippen LogP contribution is 2.21. The van der Waals surface area contributed by atoms with Gasteiger partial charge < -0.3 is 10.6 Å². The fourth-order valence-electron chi connectivity index (χ4n) is 3.01. The molecule has 0 spiro atoms. The predicted molar refractivity (Wildman–Crippen MR) is 113 cm³/mol. The Balaban J connectivity index is 1.48. The van der Waals surface area contributed by atoms with Gasteiger partial charge >= 0.3 is 0 Å². The fourth-order valence-corrected chi connectivity index (χ4v) is 4.93. The van der Waals surface area contributed by atoms with E-state index >= 15 is 0 Å². The maximum absolute atomic E-state index is 12.5. The van der Waals surface area contributed by atoms with Gasteiger partial charge in [0.1, 0.15) is 0 Å². The summed E-state index contributed by atoms with van der Waals surface area (Å²) in [7, 11) is -3.44. The van der Waals surface area contributed by atoms with Gasteiger partial charge in [-0.25, -0.2) is 8.42 Å². The zero-order valence-electron chi connectivity index (χ0n) is 15.7. The third-order valence-electron chi connectivity index (χ3n) is 4.61. The van der Waals surface area contributed by atoms with Gasteiger partial charge in [-0.15, -0.1) is 0 Å². The molecule has 9 heteroatoms. The van der Waals surface area contributed by atoms with Crippen LogP contribution in [-0.2, 0) is 21.4 Å². The molecule has 1 aliphatic rings. The van der Waals surface area contributed by atoms with Gasteiger partial charge in [0.05, 0.1) is 11.4 Å². The Hall–Kier alpha value is -2.23. The number of benzene rings is 2. The Morgan fingerprint density at radius 2 is 1.69 bits per heavy atom.